The number of allylic oxidation sites excluding steroid dienone is 7. The third-order valence-electron chi connectivity index (χ3n) is 14.8. The molecule has 3 atom stereocenters. The number of hydrogen-bond donors (Lipinski definition) is 2. The smallest absolute Gasteiger partial charge is 0.456 e. The molecule has 1 amide bonds. The minimum absolute atomic E-state index is 0.0398. The molecule has 0 aromatic rings. The lowest BCUT2D eigenvalue weighted by atomic mass is 10.0. The van der Waals surface area contributed by atoms with E-state index in [1.54, 1.807) is 0 Å². The highest BCUT2D eigenvalue weighted by atomic mass is 31.2. The molecule has 0 aromatic carbocycles. The van der Waals surface area contributed by atoms with E-state index >= 15 is 0 Å². The van der Waals surface area contributed by atoms with Gasteiger partial charge in [0.2, 0.25) is 5.91 Å². The van der Waals surface area contributed by atoms with Crippen molar-refractivity contribution in [1.29, 1.82) is 0 Å². The molecule has 0 spiro atoms. The van der Waals surface area contributed by atoms with Crippen molar-refractivity contribution in [3.05, 3.63) is 48.6 Å². The zero-order chi connectivity index (χ0) is 56.4. The second kappa shape index (κ2) is 57.2. The quantitative estimate of drug-likeness (QED) is 0.0205. The molecule has 452 valence electrons. The molecule has 0 fully saturated rings. The number of phosphoric ester groups is 1. The van der Waals surface area contributed by atoms with Crippen molar-refractivity contribution in [2.45, 2.75) is 328 Å². The maximum atomic E-state index is 13.6. The summed E-state index contributed by atoms with van der Waals surface area (Å²) < 4.78 is 30.7. The molecule has 0 aliphatic carbocycles. The molecule has 0 aromatic heterocycles. The topological polar surface area (TPSA) is 111 Å². The number of carbonyl (C=O) groups excluding carboxylic acids is 2. The summed E-state index contributed by atoms with van der Waals surface area (Å²) in [6, 6.07) is -0.850. The summed E-state index contributed by atoms with van der Waals surface area (Å²) in [6.07, 6.45) is 71.1. The van der Waals surface area contributed by atoms with Gasteiger partial charge >= 0.3 is 13.8 Å². The molecular formula is C67H128N2O7P+. The zero-order valence-corrected chi connectivity index (χ0v) is 52.6. The molecular weight excluding hydrogens is 976 g/mol. The molecule has 0 saturated carbocycles. The van der Waals surface area contributed by atoms with Crippen molar-refractivity contribution in [2.75, 3.05) is 40.9 Å². The molecule has 9 nitrogen and oxygen atoms in total. The number of nitrogens with zero attached hydrogens (tertiary/aromatic N) is 1. The van der Waals surface area contributed by atoms with Gasteiger partial charge in [0.15, 0.2) is 0 Å². The number of phosphoric acid groups is 1. The van der Waals surface area contributed by atoms with Crippen LogP contribution in [0.5, 0.6) is 0 Å². The van der Waals surface area contributed by atoms with Gasteiger partial charge in [0.05, 0.1) is 33.8 Å². The van der Waals surface area contributed by atoms with E-state index in [0.29, 0.717) is 23.9 Å². The molecule has 77 heavy (non-hydrogen) atoms. The normalized spacial score (nSPS) is 13.9. The lowest BCUT2D eigenvalue weighted by molar-refractivity contribution is -0.870. The van der Waals surface area contributed by atoms with Gasteiger partial charge in [-0.1, -0.05) is 282 Å². The van der Waals surface area contributed by atoms with E-state index < -0.39 is 20.0 Å². The molecule has 0 radical (unpaired) electrons. The first-order valence-corrected chi connectivity index (χ1v) is 34.5. The Morgan fingerprint density at radius 1 is 0.455 bits per heavy atom. The Bertz CT molecular complexity index is 1460. The highest BCUT2D eigenvalue weighted by Crippen LogP contribution is 2.43. The second-order valence-electron chi connectivity index (χ2n) is 23.6. The van der Waals surface area contributed by atoms with E-state index in [1.165, 1.54) is 199 Å². The van der Waals surface area contributed by atoms with Gasteiger partial charge in [-0.25, -0.2) is 4.57 Å². The Hall–Kier alpha value is -2.03. The predicted molar refractivity (Wildman–Crippen MR) is 332 cm³/mol. The van der Waals surface area contributed by atoms with Gasteiger partial charge in [-0.3, -0.25) is 18.6 Å². The largest absolute Gasteiger partial charge is 0.472 e. The van der Waals surface area contributed by atoms with Crippen LogP contribution in [0.25, 0.3) is 0 Å². The van der Waals surface area contributed by atoms with Gasteiger partial charge in [0.25, 0.3) is 0 Å². The highest BCUT2D eigenvalue weighted by Gasteiger charge is 2.30. The summed E-state index contributed by atoms with van der Waals surface area (Å²) in [4.78, 5) is 37.8. The van der Waals surface area contributed by atoms with Crippen LogP contribution in [0.4, 0.5) is 0 Å². The Morgan fingerprint density at radius 2 is 0.792 bits per heavy atom. The number of hydrogen-bond acceptors (Lipinski definition) is 6. The number of ether oxygens (including phenoxy) is 1. The summed E-state index contributed by atoms with van der Waals surface area (Å²) in [7, 11) is 1.50. The molecule has 0 bridgehead atoms. The fourth-order valence-corrected chi connectivity index (χ4v) is 10.4. The van der Waals surface area contributed by atoms with Crippen LogP contribution in [0.3, 0.4) is 0 Å². The Labute approximate surface area is 478 Å². The van der Waals surface area contributed by atoms with Gasteiger partial charge < -0.3 is 19.4 Å². The Kier molecular flexibility index (Phi) is 55.7. The van der Waals surface area contributed by atoms with E-state index in [2.05, 4.69) is 62.5 Å². The van der Waals surface area contributed by atoms with Crippen LogP contribution in [-0.4, -0.2) is 74.3 Å². The van der Waals surface area contributed by atoms with E-state index in [1.807, 2.05) is 33.3 Å². The van der Waals surface area contributed by atoms with E-state index in [4.69, 9.17) is 13.8 Å². The van der Waals surface area contributed by atoms with Crippen LogP contribution in [0.15, 0.2) is 48.6 Å². The number of amides is 1. The fourth-order valence-electron chi connectivity index (χ4n) is 9.65. The summed E-state index contributed by atoms with van der Waals surface area (Å²) >= 11 is 0. The number of likely N-dealkylation sites (N-methyl/N-ethyl adjacent to an activating group) is 1. The van der Waals surface area contributed by atoms with Crippen LogP contribution in [0.1, 0.15) is 316 Å². The third kappa shape index (κ3) is 58.4. The van der Waals surface area contributed by atoms with Gasteiger partial charge in [-0.15, -0.1) is 0 Å². The summed E-state index contributed by atoms with van der Waals surface area (Å²) in [5, 5.41) is 3.06. The van der Waals surface area contributed by atoms with Crippen LogP contribution in [0.2, 0.25) is 0 Å². The number of esters is 1. The zero-order valence-electron chi connectivity index (χ0n) is 51.7. The molecule has 0 aliphatic rings. The lowest BCUT2D eigenvalue weighted by Gasteiger charge is -2.27. The minimum Gasteiger partial charge on any atom is -0.456 e. The van der Waals surface area contributed by atoms with Gasteiger partial charge in [-0.2, -0.15) is 0 Å². The number of nitrogens with one attached hydrogen (secondary N) is 1. The molecule has 0 saturated heterocycles. The highest BCUT2D eigenvalue weighted by molar-refractivity contribution is 7.47. The average Bonchev–Trinajstić information content (AvgIpc) is 3.39. The van der Waals surface area contributed by atoms with E-state index in [0.717, 1.165) is 83.5 Å². The van der Waals surface area contributed by atoms with Crippen molar-refractivity contribution in [3.8, 4) is 0 Å². The van der Waals surface area contributed by atoms with Crippen molar-refractivity contribution in [3.63, 3.8) is 0 Å². The number of unbranched alkanes of at least 4 members (excludes halogenated alkanes) is 38. The van der Waals surface area contributed by atoms with Crippen LogP contribution in [-0.2, 0) is 27.9 Å². The summed E-state index contributed by atoms with van der Waals surface area (Å²) in [6.45, 7) is 7.01. The van der Waals surface area contributed by atoms with Crippen molar-refractivity contribution in [2.24, 2.45) is 0 Å². The standard InChI is InChI=1S/C67H127N2O7P/c1-7-10-13-16-19-22-25-27-29-31-33-34-36-37-39-41-44-47-50-53-56-59-66(70)68-64(63-75-77(72,73)74-62-61-69(4,5)6)65(58-55-52-49-46-43-24-21-18-15-12-9-3)76-67(71)60-57-54-51-48-45-42-40-38-35-32-30-28-26-23-20-17-14-11-8-2/h19,22,27,29,33-34,55,58,64-65H,7-18,20-21,23-26,28,30-32,35-54,56-57,59-63H2,1-6H3,(H-,68,70,72,73)/p+1/b22-19-,29-27-,34-33-,58-55+. The Balaban J connectivity index is 5.14. The number of quaternary nitrogens is 1. The first kappa shape index (κ1) is 75.0. The number of rotatable bonds is 60. The van der Waals surface area contributed by atoms with E-state index in [9.17, 15) is 19.0 Å². The van der Waals surface area contributed by atoms with Gasteiger partial charge in [0, 0.05) is 12.8 Å². The molecule has 10 heteroatoms. The fraction of sp³-hybridized carbons (Fsp3) is 0.851. The summed E-state index contributed by atoms with van der Waals surface area (Å²) in [5.74, 6) is -0.501. The van der Waals surface area contributed by atoms with Crippen molar-refractivity contribution in [1.82, 2.24) is 5.32 Å². The maximum absolute atomic E-state index is 13.6. The molecule has 3 unspecified atom stereocenters. The van der Waals surface area contributed by atoms with Gasteiger partial charge in [-0.05, 0) is 70.3 Å². The molecule has 0 rings (SSSR count). The summed E-state index contributed by atoms with van der Waals surface area (Å²) in [5.41, 5.74) is 0. The lowest BCUT2D eigenvalue weighted by Crippen LogP contribution is -2.47. The first-order chi connectivity index (χ1) is 37.4. The maximum Gasteiger partial charge on any atom is 0.472 e. The first-order valence-electron chi connectivity index (χ1n) is 33.0. The average molecular weight is 1100 g/mol. The van der Waals surface area contributed by atoms with Crippen molar-refractivity contribution >= 4 is 19.7 Å². The van der Waals surface area contributed by atoms with Crippen molar-refractivity contribution < 1.29 is 37.3 Å². The van der Waals surface area contributed by atoms with Crippen LogP contribution >= 0.6 is 7.82 Å². The van der Waals surface area contributed by atoms with Crippen LogP contribution in [0, 0.1) is 0 Å². The van der Waals surface area contributed by atoms with Crippen LogP contribution < -0.4 is 5.32 Å². The molecule has 0 heterocycles. The van der Waals surface area contributed by atoms with Gasteiger partial charge in [0.1, 0.15) is 19.3 Å². The third-order valence-corrected chi connectivity index (χ3v) is 15.8. The predicted octanol–water partition coefficient (Wildman–Crippen LogP) is 20.5. The molecule has 0 aliphatic heterocycles. The Morgan fingerprint density at radius 3 is 1.21 bits per heavy atom. The number of carbonyl (C=O) groups is 2. The second-order valence-corrected chi connectivity index (χ2v) is 25.1. The molecule has 2 N–H and O–H groups in total. The SMILES string of the molecule is CCCCC/C=C\C/C=C\C/C=C\CCCCCCCCCCC(=O)NC(COP(=O)(O)OCC[N+](C)(C)C)C(/C=C/CCCCCCCCCCC)OC(=O)CCCCCCCCCCCCCCCCCCCCC. The monoisotopic (exact) mass is 1100 g/mol. The minimum atomic E-state index is -4.45. The van der Waals surface area contributed by atoms with E-state index in [-0.39, 0.29) is 25.1 Å².